The smallest absolute Gasteiger partial charge is 0.229 e. The number of ether oxygens (including phenoxy) is 1. The minimum Gasteiger partial charge on any atom is -0.491 e. The number of nitrogens with one attached hydrogen (secondary N) is 1. The lowest BCUT2D eigenvalue weighted by Crippen LogP contribution is -2.13. The van der Waals surface area contributed by atoms with Gasteiger partial charge in [0.1, 0.15) is 11.6 Å². The molecule has 1 N–H and O–H groups in total. The van der Waals surface area contributed by atoms with Crippen LogP contribution in [0.3, 0.4) is 0 Å². The zero-order valence-corrected chi connectivity index (χ0v) is 15.6. The molecule has 26 heavy (non-hydrogen) atoms. The number of rotatable bonds is 6. The predicted molar refractivity (Wildman–Crippen MR) is 107 cm³/mol. The summed E-state index contributed by atoms with van der Waals surface area (Å²) in [5, 5.41) is 3.27. The van der Waals surface area contributed by atoms with Crippen LogP contribution in [0.25, 0.3) is 0 Å². The van der Waals surface area contributed by atoms with Crippen LogP contribution < -0.4 is 15.0 Å². The van der Waals surface area contributed by atoms with E-state index in [0.29, 0.717) is 5.95 Å². The fourth-order valence-corrected chi connectivity index (χ4v) is 2.58. The molecule has 0 saturated heterocycles. The molecule has 0 unspecified atom stereocenters. The first-order valence-electron chi connectivity index (χ1n) is 8.69. The van der Waals surface area contributed by atoms with E-state index < -0.39 is 0 Å². The van der Waals surface area contributed by atoms with Gasteiger partial charge in [0.25, 0.3) is 0 Å². The molecule has 0 aliphatic rings. The van der Waals surface area contributed by atoms with Crippen LogP contribution >= 0.6 is 0 Å². The van der Waals surface area contributed by atoms with Crippen molar-refractivity contribution < 1.29 is 4.74 Å². The fraction of sp³-hybridized carbons (Fsp3) is 0.238. The lowest BCUT2D eigenvalue weighted by Gasteiger charge is -2.19. The monoisotopic (exact) mass is 348 g/mol. The van der Waals surface area contributed by atoms with Crippen molar-refractivity contribution in [1.82, 2.24) is 9.97 Å². The molecule has 3 aromatic rings. The first-order chi connectivity index (χ1) is 12.5. The molecule has 0 saturated carbocycles. The van der Waals surface area contributed by atoms with Crippen molar-refractivity contribution in [3.63, 3.8) is 0 Å². The summed E-state index contributed by atoms with van der Waals surface area (Å²) in [6.45, 7) is 5.99. The van der Waals surface area contributed by atoms with Crippen molar-refractivity contribution in [2.75, 3.05) is 17.3 Å². The molecule has 0 fully saturated rings. The first-order valence-corrected chi connectivity index (χ1v) is 8.69. The quantitative estimate of drug-likeness (QED) is 0.673. The van der Waals surface area contributed by atoms with Crippen molar-refractivity contribution in [2.45, 2.75) is 26.9 Å². The van der Waals surface area contributed by atoms with E-state index in [-0.39, 0.29) is 6.10 Å². The highest BCUT2D eigenvalue weighted by Crippen LogP contribution is 2.24. The average molecular weight is 348 g/mol. The van der Waals surface area contributed by atoms with E-state index in [2.05, 4.69) is 27.4 Å². The number of anilines is 4. The molecular weight excluding hydrogens is 324 g/mol. The second-order valence-electron chi connectivity index (χ2n) is 6.40. The van der Waals surface area contributed by atoms with Crippen molar-refractivity contribution in [1.29, 1.82) is 0 Å². The second-order valence-corrected chi connectivity index (χ2v) is 6.40. The molecule has 134 valence electrons. The minimum absolute atomic E-state index is 0.157. The molecule has 1 heterocycles. The highest BCUT2D eigenvalue weighted by Gasteiger charge is 2.09. The van der Waals surface area contributed by atoms with Crippen molar-refractivity contribution in [3.8, 4) is 5.75 Å². The maximum absolute atomic E-state index is 5.67. The Morgan fingerprint density at radius 3 is 2.31 bits per heavy atom. The van der Waals surface area contributed by atoms with Crippen LogP contribution in [0.4, 0.5) is 23.1 Å². The predicted octanol–water partition coefficient (Wildman–Crippen LogP) is 5.08. The zero-order valence-electron chi connectivity index (χ0n) is 15.6. The average Bonchev–Trinajstić information content (AvgIpc) is 2.62. The van der Waals surface area contributed by atoms with Crippen LogP contribution in [0.15, 0.2) is 60.7 Å². The molecule has 3 rings (SSSR count). The number of nitrogens with zero attached hydrogens (tertiary/aromatic N) is 3. The van der Waals surface area contributed by atoms with Crippen LogP contribution in [-0.2, 0) is 0 Å². The molecule has 5 heteroatoms. The number of hydrogen-bond acceptors (Lipinski definition) is 5. The Bertz CT molecular complexity index is 848. The van der Waals surface area contributed by atoms with Crippen LogP contribution in [-0.4, -0.2) is 23.1 Å². The zero-order chi connectivity index (χ0) is 18.5. The number of para-hydroxylation sites is 1. The number of benzene rings is 2. The largest absolute Gasteiger partial charge is 0.491 e. The Morgan fingerprint density at radius 2 is 1.65 bits per heavy atom. The van der Waals surface area contributed by atoms with E-state index in [1.807, 2.05) is 81.2 Å². The number of aryl methyl sites for hydroxylation is 1. The van der Waals surface area contributed by atoms with Crippen LogP contribution in [0.5, 0.6) is 5.75 Å². The molecular formula is C21H24N4O. The summed E-state index contributed by atoms with van der Waals surface area (Å²) in [4.78, 5) is 11.2. The number of hydrogen-bond donors (Lipinski definition) is 1. The van der Waals surface area contributed by atoms with Crippen molar-refractivity contribution in [2.24, 2.45) is 0 Å². The van der Waals surface area contributed by atoms with Gasteiger partial charge in [-0.25, -0.2) is 4.98 Å². The summed E-state index contributed by atoms with van der Waals surface area (Å²) in [7, 11) is 2.00. The Kier molecular flexibility index (Phi) is 5.37. The van der Waals surface area contributed by atoms with E-state index in [4.69, 9.17) is 4.74 Å². The van der Waals surface area contributed by atoms with Gasteiger partial charge in [-0.3, -0.25) is 0 Å². The Hall–Kier alpha value is -3.08. The standard InChI is InChI=1S/C21H24N4O/c1-15(2)26-19-12-10-17(11-13-19)23-21-22-16(3)14-20(24-21)25(4)18-8-6-5-7-9-18/h5-15H,1-4H3,(H,22,23,24). The molecule has 5 nitrogen and oxygen atoms in total. The first kappa shape index (κ1) is 17.7. The maximum Gasteiger partial charge on any atom is 0.229 e. The van der Waals surface area contributed by atoms with Crippen LogP contribution in [0, 0.1) is 6.92 Å². The minimum atomic E-state index is 0.157. The van der Waals surface area contributed by atoms with Gasteiger partial charge in [-0.05, 0) is 57.2 Å². The van der Waals surface area contributed by atoms with Gasteiger partial charge in [-0.2, -0.15) is 4.98 Å². The van der Waals surface area contributed by atoms with E-state index in [9.17, 15) is 0 Å². The molecule has 0 aliphatic heterocycles. The molecule has 0 radical (unpaired) electrons. The summed E-state index contributed by atoms with van der Waals surface area (Å²) in [5.41, 5.74) is 2.90. The summed E-state index contributed by atoms with van der Waals surface area (Å²) in [6.07, 6.45) is 0.157. The summed E-state index contributed by atoms with van der Waals surface area (Å²) in [5.74, 6) is 2.26. The van der Waals surface area contributed by atoms with E-state index >= 15 is 0 Å². The van der Waals surface area contributed by atoms with Gasteiger partial charge in [0.2, 0.25) is 5.95 Å². The fourth-order valence-electron chi connectivity index (χ4n) is 2.58. The molecule has 2 aromatic carbocycles. The molecule has 0 bridgehead atoms. The molecule has 0 amide bonds. The van der Waals surface area contributed by atoms with Crippen molar-refractivity contribution in [3.05, 3.63) is 66.4 Å². The highest BCUT2D eigenvalue weighted by molar-refractivity contribution is 5.62. The molecule has 1 aromatic heterocycles. The van der Waals surface area contributed by atoms with Gasteiger partial charge in [-0.15, -0.1) is 0 Å². The van der Waals surface area contributed by atoms with Crippen LogP contribution in [0.1, 0.15) is 19.5 Å². The summed E-state index contributed by atoms with van der Waals surface area (Å²) >= 11 is 0. The SMILES string of the molecule is Cc1cc(N(C)c2ccccc2)nc(Nc2ccc(OC(C)C)cc2)n1. The summed E-state index contributed by atoms with van der Waals surface area (Å²) < 4.78 is 5.67. The normalized spacial score (nSPS) is 10.7. The van der Waals surface area contributed by atoms with Gasteiger partial charge in [0.05, 0.1) is 6.10 Å². The van der Waals surface area contributed by atoms with Gasteiger partial charge in [0, 0.05) is 30.2 Å². The maximum atomic E-state index is 5.67. The van der Waals surface area contributed by atoms with Gasteiger partial charge in [-0.1, -0.05) is 18.2 Å². The third-order valence-corrected chi connectivity index (χ3v) is 3.81. The summed E-state index contributed by atoms with van der Waals surface area (Å²) in [6, 6.07) is 19.9. The lowest BCUT2D eigenvalue weighted by atomic mass is 10.3. The topological polar surface area (TPSA) is 50.3 Å². The Balaban J connectivity index is 1.79. The highest BCUT2D eigenvalue weighted by atomic mass is 16.5. The number of aromatic nitrogens is 2. The Labute approximate surface area is 154 Å². The Morgan fingerprint density at radius 1 is 0.962 bits per heavy atom. The molecule has 0 spiro atoms. The van der Waals surface area contributed by atoms with Crippen molar-refractivity contribution >= 4 is 23.1 Å². The third kappa shape index (κ3) is 4.51. The van der Waals surface area contributed by atoms with Crippen LogP contribution in [0.2, 0.25) is 0 Å². The lowest BCUT2D eigenvalue weighted by molar-refractivity contribution is 0.242. The van der Waals surface area contributed by atoms with Gasteiger partial charge in [0.15, 0.2) is 0 Å². The molecule has 0 aliphatic carbocycles. The van der Waals surface area contributed by atoms with E-state index in [1.165, 1.54) is 0 Å². The second kappa shape index (κ2) is 7.87. The third-order valence-electron chi connectivity index (χ3n) is 3.81. The molecule has 0 atom stereocenters. The van der Waals surface area contributed by atoms with E-state index in [0.717, 1.165) is 28.6 Å². The van der Waals surface area contributed by atoms with Gasteiger partial charge >= 0.3 is 0 Å². The van der Waals surface area contributed by atoms with Gasteiger partial charge < -0.3 is 15.0 Å². The van der Waals surface area contributed by atoms with E-state index in [1.54, 1.807) is 0 Å².